The van der Waals surface area contributed by atoms with Gasteiger partial charge in [0.1, 0.15) is 5.41 Å². The Morgan fingerprint density at radius 3 is 2.32 bits per heavy atom. The first kappa shape index (κ1) is 15.8. The Morgan fingerprint density at radius 1 is 1.37 bits per heavy atom. The number of rotatable bonds is 4. The minimum Gasteiger partial charge on any atom is -0.409 e. The second-order valence-electron chi connectivity index (χ2n) is 5.65. The van der Waals surface area contributed by atoms with Crippen LogP contribution in [0.4, 0.5) is 0 Å². The van der Waals surface area contributed by atoms with E-state index in [2.05, 4.69) is 12.1 Å². The topological polar surface area (TPSA) is 78.9 Å². The average molecular weight is 269 g/mol. The minimum absolute atomic E-state index is 0.000880. The molecule has 1 aliphatic carbocycles. The van der Waals surface area contributed by atoms with Gasteiger partial charge in [-0.2, -0.15) is 0 Å². The summed E-state index contributed by atoms with van der Waals surface area (Å²) in [6.45, 7) is 4.08. The van der Waals surface area contributed by atoms with Crippen LogP contribution in [-0.4, -0.2) is 34.9 Å². The Labute approximate surface area is 115 Å². The lowest BCUT2D eigenvalue weighted by Gasteiger charge is -2.36. The fraction of sp³-hybridized carbons (Fsp3) is 0.857. The molecule has 0 radical (unpaired) electrons. The zero-order chi connectivity index (χ0) is 14.5. The van der Waals surface area contributed by atoms with Crippen LogP contribution in [0, 0.1) is 5.41 Å². The van der Waals surface area contributed by atoms with Crippen molar-refractivity contribution in [2.75, 3.05) is 7.05 Å². The molecule has 0 saturated heterocycles. The van der Waals surface area contributed by atoms with E-state index in [0.29, 0.717) is 12.8 Å². The van der Waals surface area contributed by atoms with Crippen LogP contribution >= 0.6 is 0 Å². The molecule has 19 heavy (non-hydrogen) atoms. The van der Waals surface area contributed by atoms with Gasteiger partial charge in [0.05, 0.1) is 0 Å². The van der Waals surface area contributed by atoms with Crippen LogP contribution in [0.15, 0.2) is 5.16 Å². The molecular weight excluding hydrogens is 242 g/mol. The van der Waals surface area contributed by atoms with E-state index < -0.39 is 5.41 Å². The summed E-state index contributed by atoms with van der Waals surface area (Å²) in [6, 6.07) is 0.166. The van der Waals surface area contributed by atoms with Gasteiger partial charge in [-0.1, -0.05) is 37.8 Å². The maximum Gasteiger partial charge on any atom is 0.236 e. The second kappa shape index (κ2) is 6.78. The van der Waals surface area contributed by atoms with Crippen LogP contribution in [0.3, 0.4) is 0 Å². The Morgan fingerprint density at radius 2 is 1.89 bits per heavy atom. The molecule has 0 aromatic rings. The molecule has 1 aliphatic rings. The summed E-state index contributed by atoms with van der Waals surface area (Å²) in [4.78, 5) is 14.6. The molecule has 5 heteroatoms. The van der Waals surface area contributed by atoms with E-state index in [1.807, 2.05) is 14.0 Å². The molecule has 0 spiro atoms. The Kier molecular flexibility index (Phi) is 5.63. The fourth-order valence-electron chi connectivity index (χ4n) is 2.82. The molecule has 1 unspecified atom stereocenters. The van der Waals surface area contributed by atoms with E-state index >= 15 is 0 Å². The molecule has 0 aliphatic heterocycles. The maximum absolute atomic E-state index is 12.8. The summed E-state index contributed by atoms with van der Waals surface area (Å²) in [6.07, 6.45) is 6.40. The van der Waals surface area contributed by atoms with Gasteiger partial charge in [-0.25, -0.2) is 0 Å². The third-order valence-corrected chi connectivity index (χ3v) is 4.54. The first-order valence-electron chi connectivity index (χ1n) is 7.25. The fourth-order valence-corrected chi connectivity index (χ4v) is 2.82. The third-order valence-electron chi connectivity index (χ3n) is 4.54. The highest BCUT2D eigenvalue weighted by Crippen LogP contribution is 2.37. The average Bonchev–Trinajstić information content (AvgIpc) is 2.70. The van der Waals surface area contributed by atoms with Crippen molar-refractivity contribution in [1.82, 2.24) is 4.90 Å². The van der Waals surface area contributed by atoms with Crippen LogP contribution < -0.4 is 5.73 Å². The highest BCUT2D eigenvalue weighted by atomic mass is 16.4. The summed E-state index contributed by atoms with van der Waals surface area (Å²) in [5, 5.41) is 12.2. The lowest BCUT2D eigenvalue weighted by Crippen LogP contribution is -2.52. The predicted molar refractivity (Wildman–Crippen MR) is 76.1 cm³/mol. The van der Waals surface area contributed by atoms with E-state index in [1.165, 1.54) is 0 Å². The normalized spacial score (nSPS) is 21.5. The summed E-state index contributed by atoms with van der Waals surface area (Å²) in [5.41, 5.74) is 5.08. The van der Waals surface area contributed by atoms with Gasteiger partial charge in [-0.15, -0.1) is 0 Å². The zero-order valence-electron chi connectivity index (χ0n) is 12.4. The highest BCUT2D eigenvalue weighted by Gasteiger charge is 2.45. The number of nitrogens with two attached hydrogens (primary N) is 1. The van der Waals surface area contributed by atoms with Gasteiger partial charge >= 0.3 is 0 Å². The first-order valence-corrected chi connectivity index (χ1v) is 7.25. The van der Waals surface area contributed by atoms with Gasteiger partial charge in [-0.3, -0.25) is 4.79 Å². The summed E-state index contributed by atoms with van der Waals surface area (Å²) in [5.74, 6) is 0.0774. The molecule has 0 heterocycles. The molecule has 0 aromatic carbocycles. The Balaban J connectivity index is 3.05. The maximum atomic E-state index is 12.8. The zero-order valence-corrected chi connectivity index (χ0v) is 12.4. The number of carbonyl (C=O) groups excluding carboxylic acids is 1. The van der Waals surface area contributed by atoms with Crippen molar-refractivity contribution in [2.24, 2.45) is 16.3 Å². The predicted octanol–water partition coefficient (Wildman–Crippen LogP) is 2.33. The summed E-state index contributed by atoms with van der Waals surface area (Å²) < 4.78 is 0. The lowest BCUT2D eigenvalue weighted by molar-refractivity contribution is -0.139. The van der Waals surface area contributed by atoms with E-state index in [1.54, 1.807) is 4.90 Å². The number of hydrogen-bond donors (Lipinski definition) is 2. The van der Waals surface area contributed by atoms with Gasteiger partial charge in [0.2, 0.25) is 5.91 Å². The van der Waals surface area contributed by atoms with Crippen LogP contribution in [-0.2, 0) is 4.79 Å². The van der Waals surface area contributed by atoms with Crippen molar-refractivity contribution in [2.45, 2.75) is 64.8 Å². The Hall–Kier alpha value is -1.26. The molecule has 1 atom stereocenters. The molecule has 1 amide bonds. The van der Waals surface area contributed by atoms with Gasteiger partial charge < -0.3 is 15.8 Å². The van der Waals surface area contributed by atoms with Crippen molar-refractivity contribution in [3.05, 3.63) is 0 Å². The standard InChI is InChI=1S/C14H27N3O2/c1-4-11(2)17(3)13(18)14(12(15)16-19)9-7-5-6-8-10-14/h11,19H,4-10H2,1-3H3,(H2,15,16). The minimum atomic E-state index is -0.802. The molecule has 1 fully saturated rings. The molecular formula is C14H27N3O2. The number of amides is 1. The number of oxime groups is 1. The quantitative estimate of drug-likeness (QED) is 0.270. The van der Waals surface area contributed by atoms with Gasteiger partial charge in [0, 0.05) is 13.1 Å². The van der Waals surface area contributed by atoms with E-state index in [-0.39, 0.29) is 17.8 Å². The van der Waals surface area contributed by atoms with Gasteiger partial charge in [0.25, 0.3) is 0 Å². The molecule has 1 saturated carbocycles. The SMILES string of the molecule is CCC(C)N(C)C(=O)C1(C(N)=NO)CCCCCC1. The first-order chi connectivity index (χ1) is 8.99. The molecule has 5 nitrogen and oxygen atoms in total. The van der Waals surface area contributed by atoms with Crippen molar-refractivity contribution in [1.29, 1.82) is 0 Å². The molecule has 1 rings (SSSR count). The van der Waals surface area contributed by atoms with Crippen LogP contribution in [0.2, 0.25) is 0 Å². The number of carbonyl (C=O) groups is 1. The smallest absolute Gasteiger partial charge is 0.236 e. The summed E-state index contributed by atoms with van der Waals surface area (Å²) in [7, 11) is 1.81. The molecule has 0 aromatic heterocycles. The lowest BCUT2D eigenvalue weighted by atomic mass is 9.77. The van der Waals surface area contributed by atoms with Crippen LogP contribution in [0.1, 0.15) is 58.8 Å². The van der Waals surface area contributed by atoms with Crippen molar-refractivity contribution in [3.63, 3.8) is 0 Å². The highest BCUT2D eigenvalue weighted by molar-refractivity contribution is 6.06. The van der Waals surface area contributed by atoms with Crippen molar-refractivity contribution >= 4 is 11.7 Å². The van der Waals surface area contributed by atoms with Gasteiger partial charge in [-0.05, 0) is 26.2 Å². The van der Waals surface area contributed by atoms with Crippen LogP contribution in [0.25, 0.3) is 0 Å². The number of hydrogen-bond acceptors (Lipinski definition) is 3. The monoisotopic (exact) mass is 269 g/mol. The molecule has 110 valence electrons. The van der Waals surface area contributed by atoms with Gasteiger partial charge in [0.15, 0.2) is 5.84 Å². The largest absolute Gasteiger partial charge is 0.409 e. The Bertz CT molecular complexity index is 334. The van der Waals surface area contributed by atoms with Crippen molar-refractivity contribution < 1.29 is 10.0 Å². The van der Waals surface area contributed by atoms with E-state index in [9.17, 15) is 4.79 Å². The third kappa shape index (κ3) is 3.19. The number of nitrogens with zero attached hydrogens (tertiary/aromatic N) is 2. The van der Waals surface area contributed by atoms with E-state index in [0.717, 1.165) is 32.1 Å². The van der Waals surface area contributed by atoms with Crippen molar-refractivity contribution in [3.8, 4) is 0 Å². The van der Waals surface area contributed by atoms with Crippen LogP contribution in [0.5, 0.6) is 0 Å². The number of amidine groups is 1. The second-order valence-corrected chi connectivity index (χ2v) is 5.65. The molecule has 0 bridgehead atoms. The summed E-state index contributed by atoms with van der Waals surface area (Å²) >= 11 is 0. The van der Waals surface area contributed by atoms with E-state index in [4.69, 9.17) is 10.9 Å². The molecule has 3 N–H and O–H groups in total.